The Morgan fingerprint density at radius 1 is 0.913 bits per heavy atom. The van der Waals surface area contributed by atoms with Gasteiger partial charge < -0.3 is 10.6 Å². The van der Waals surface area contributed by atoms with Crippen LogP contribution in [0.1, 0.15) is 19.4 Å². The molecular formula is C18H20N2O2S. The molecule has 0 bridgehead atoms. The number of aryl methyl sites for hydroxylation is 1. The van der Waals surface area contributed by atoms with E-state index in [4.69, 9.17) is 0 Å². The van der Waals surface area contributed by atoms with Gasteiger partial charge in [0.2, 0.25) is 11.8 Å². The standard InChI is InChI=1S/C18H20N2O2S/c1-12-4-10-17(11-5-12)23-13(2)18(22)20-16-8-6-15(7-9-16)19-14(3)21/h4-11,13H,1-3H3,(H,19,21)(H,20,22)/t13-/m0/s1. The van der Waals surface area contributed by atoms with Gasteiger partial charge in [0.05, 0.1) is 5.25 Å². The molecule has 1 atom stereocenters. The number of hydrogen-bond acceptors (Lipinski definition) is 3. The van der Waals surface area contributed by atoms with E-state index in [0.29, 0.717) is 11.4 Å². The summed E-state index contributed by atoms with van der Waals surface area (Å²) in [6, 6.07) is 15.2. The lowest BCUT2D eigenvalue weighted by Crippen LogP contribution is -2.22. The first-order chi connectivity index (χ1) is 10.9. The maximum Gasteiger partial charge on any atom is 0.237 e. The van der Waals surface area contributed by atoms with Crippen molar-refractivity contribution in [3.05, 3.63) is 54.1 Å². The van der Waals surface area contributed by atoms with Crippen molar-refractivity contribution in [2.45, 2.75) is 30.9 Å². The lowest BCUT2D eigenvalue weighted by atomic mass is 10.2. The van der Waals surface area contributed by atoms with E-state index >= 15 is 0 Å². The molecular weight excluding hydrogens is 308 g/mol. The van der Waals surface area contributed by atoms with Gasteiger partial charge in [-0.2, -0.15) is 0 Å². The van der Waals surface area contributed by atoms with Crippen molar-refractivity contribution in [2.24, 2.45) is 0 Å². The van der Waals surface area contributed by atoms with Crippen LogP contribution in [0.5, 0.6) is 0 Å². The Balaban J connectivity index is 1.92. The Kier molecular flexibility index (Phi) is 5.82. The van der Waals surface area contributed by atoms with Crippen LogP contribution in [0, 0.1) is 6.92 Å². The van der Waals surface area contributed by atoms with Crippen LogP contribution in [0.2, 0.25) is 0 Å². The summed E-state index contributed by atoms with van der Waals surface area (Å²) >= 11 is 1.52. The number of benzene rings is 2. The van der Waals surface area contributed by atoms with Gasteiger partial charge in [0.25, 0.3) is 0 Å². The Morgan fingerprint density at radius 2 is 1.43 bits per heavy atom. The van der Waals surface area contributed by atoms with Crippen molar-refractivity contribution >= 4 is 35.0 Å². The van der Waals surface area contributed by atoms with E-state index in [-0.39, 0.29) is 17.1 Å². The van der Waals surface area contributed by atoms with Crippen LogP contribution in [-0.4, -0.2) is 17.1 Å². The quantitative estimate of drug-likeness (QED) is 0.813. The topological polar surface area (TPSA) is 58.2 Å². The fourth-order valence-electron chi connectivity index (χ4n) is 1.96. The van der Waals surface area contributed by atoms with E-state index in [1.54, 1.807) is 24.3 Å². The summed E-state index contributed by atoms with van der Waals surface area (Å²) in [6.45, 7) is 5.38. The summed E-state index contributed by atoms with van der Waals surface area (Å²) in [4.78, 5) is 24.3. The third kappa shape index (κ3) is 5.45. The van der Waals surface area contributed by atoms with Gasteiger partial charge in [-0.15, -0.1) is 11.8 Å². The zero-order valence-corrected chi connectivity index (χ0v) is 14.2. The Bertz CT molecular complexity index is 681. The first-order valence-electron chi connectivity index (χ1n) is 7.36. The first kappa shape index (κ1) is 17.1. The fraction of sp³-hybridized carbons (Fsp3) is 0.222. The molecule has 0 heterocycles. The number of thioether (sulfide) groups is 1. The van der Waals surface area contributed by atoms with Crippen molar-refractivity contribution < 1.29 is 9.59 Å². The van der Waals surface area contributed by atoms with Gasteiger partial charge in [0, 0.05) is 23.2 Å². The molecule has 23 heavy (non-hydrogen) atoms. The molecule has 4 nitrogen and oxygen atoms in total. The molecule has 2 aromatic rings. The second-order valence-corrected chi connectivity index (χ2v) is 6.74. The maximum atomic E-state index is 12.2. The molecule has 0 aliphatic heterocycles. The van der Waals surface area contributed by atoms with Gasteiger partial charge in [0.1, 0.15) is 0 Å². The minimum atomic E-state index is -0.201. The molecule has 0 aromatic heterocycles. The summed E-state index contributed by atoms with van der Waals surface area (Å²) in [5.74, 6) is -0.173. The molecule has 0 saturated heterocycles. The first-order valence-corrected chi connectivity index (χ1v) is 8.24. The Hall–Kier alpha value is -2.27. The molecule has 0 spiro atoms. The third-order valence-corrected chi connectivity index (χ3v) is 4.29. The van der Waals surface area contributed by atoms with Crippen molar-refractivity contribution in [3.8, 4) is 0 Å². The summed E-state index contributed by atoms with van der Waals surface area (Å²) in [6.07, 6.45) is 0. The number of anilines is 2. The second-order valence-electron chi connectivity index (χ2n) is 5.32. The van der Waals surface area contributed by atoms with E-state index in [0.717, 1.165) is 4.90 Å². The van der Waals surface area contributed by atoms with Crippen molar-refractivity contribution in [2.75, 3.05) is 10.6 Å². The molecule has 0 aliphatic rings. The van der Waals surface area contributed by atoms with E-state index in [2.05, 4.69) is 10.6 Å². The third-order valence-electron chi connectivity index (χ3n) is 3.18. The number of rotatable bonds is 5. The van der Waals surface area contributed by atoms with Crippen LogP contribution >= 0.6 is 11.8 Å². The molecule has 0 fully saturated rings. The highest BCUT2D eigenvalue weighted by molar-refractivity contribution is 8.00. The highest BCUT2D eigenvalue weighted by Crippen LogP contribution is 2.24. The van der Waals surface area contributed by atoms with Crippen LogP contribution in [0.3, 0.4) is 0 Å². The molecule has 2 amide bonds. The predicted molar refractivity (Wildman–Crippen MR) is 95.9 cm³/mol. The van der Waals surface area contributed by atoms with Crippen molar-refractivity contribution in [3.63, 3.8) is 0 Å². The predicted octanol–water partition coefficient (Wildman–Crippen LogP) is 4.07. The summed E-state index contributed by atoms with van der Waals surface area (Å²) < 4.78 is 0. The molecule has 5 heteroatoms. The van der Waals surface area contributed by atoms with Crippen molar-refractivity contribution in [1.82, 2.24) is 0 Å². The normalized spacial score (nSPS) is 11.6. The van der Waals surface area contributed by atoms with Crippen molar-refractivity contribution in [1.29, 1.82) is 0 Å². The zero-order chi connectivity index (χ0) is 16.8. The molecule has 0 radical (unpaired) electrons. The number of amides is 2. The van der Waals surface area contributed by atoms with Gasteiger partial charge in [-0.3, -0.25) is 9.59 Å². The van der Waals surface area contributed by atoms with Gasteiger partial charge in [-0.05, 0) is 50.2 Å². The minimum Gasteiger partial charge on any atom is -0.326 e. The average molecular weight is 328 g/mol. The Morgan fingerprint density at radius 3 is 1.96 bits per heavy atom. The summed E-state index contributed by atoms with van der Waals surface area (Å²) in [5.41, 5.74) is 2.61. The van der Waals surface area contributed by atoms with Gasteiger partial charge in [0.15, 0.2) is 0 Å². The van der Waals surface area contributed by atoms with Crippen LogP contribution in [-0.2, 0) is 9.59 Å². The summed E-state index contributed by atoms with van der Waals surface area (Å²) in [5, 5.41) is 5.37. The Labute approximate surface area is 140 Å². The van der Waals surface area contributed by atoms with Crippen LogP contribution < -0.4 is 10.6 Å². The number of hydrogen-bond donors (Lipinski definition) is 2. The molecule has 0 unspecified atom stereocenters. The monoisotopic (exact) mass is 328 g/mol. The highest BCUT2D eigenvalue weighted by atomic mass is 32.2. The molecule has 2 N–H and O–H groups in total. The lowest BCUT2D eigenvalue weighted by Gasteiger charge is -2.12. The largest absolute Gasteiger partial charge is 0.326 e. The van der Waals surface area contributed by atoms with Crippen LogP contribution in [0.4, 0.5) is 11.4 Å². The minimum absolute atomic E-state index is 0.0529. The molecule has 2 rings (SSSR count). The fourth-order valence-corrected chi connectivity index (χ4v) is 2.83. The zero-order valence-electron chi connectivity index (χ0n) is 13.4. The average Bonchev–Trinajstić information content (AvgIpc) is 2.51. The maximum absolute atomic E-state index is 12.2. The van der Waals surface area contributed by atoms with E-state index in [1.165, 1.54) is 24.2 Å². The van der Waals surface area contributed by atoms with E-state index in [1.807, 2.05) is 38.1 Å². The van der Waals surface area contributed by atoms with Gasteiger partial charge in [-0.25, -0.2) is 0 Å². The summed E-state index contributed by atoms with van der Waals surface area (Å²) in [7, 11) is 0. The number of nitrogens with one attached hydrogen (secondary N) is 2. The molecule has 2 aromatic carbocycles. The van der Waals surface area contributed by atoms with E-state index in [9.17, 15) is 9.59 Å². The van der Waals surface area contributed by atoms with Gasteiger partial charge in [-0.1, -0.05) is 17.7 Å². The van der Waals surface area contributed by atoms with E-state index < -0.39 is 0 Å². The smallest absolute Gasteiger partial charge is 0.237 e. The van der Waals surface area contributed by atoms with Crippen LogP contribution in [0.25, 0.3) is 0 Å². The number of carbonyl (C=O) groups is 2. The highest BCUT2D eigenvalue weighted by Gasteiger charge is 2.14. The van der Waals surface area contributed by atoms with Crippen LogP contribution in [0.15, 0.2) is 53.4 Å². The second kappa shape index (κ2) is 7.83. The molecule has 0 aliphatic carbocycles. The SMILES string of the molecule is CC(=O)Nc1ccc(NC(=O)[C@H](C)Sc2ccc(C)cc2)cc1. The number of carbonyl (C=O) groups excluding carboxylic acids is 2. The molecule has 120 valence electrons. The lowest BCUT2D eigenvalue weighted by molar-refractivity contribution is -0.115. The molecule has 0 saturated carbocycles. The van der Waals surface area contributed by atoms with Gasteiger partial charge >= 0.3 is 0 Å².